The van der Waals surface area contributed by atoms with Crippen LogP contribution in [0.2, 0.25) is 0 Å². The molecule has 0 fully saturated rings. The van der Waals surface area contributed by atoms with Gasteiger partial charge in [0.2, 0.25) is 10.0 Å². The highest BCUT2D eigenvalue weighted by atomic mass is 32.1. The lowest BCUT2D eigenvalue weighted by atomic mass is 10.1. The Labute approximate surface area is 264 Å². The van der Waals surface area contributed by atoms with E-state index >= 15 is 0 Å². The van der Waals surface area contributed by atoms with Crippen LogP contribution in [0.15, 0.2) is 22.1 Å². The summed E-state index contributed by atoms with van der Waals surface area (Å²) in [6, 6.07) is 7.02. The highest BCUT2D eigenvalue weighted by Crippen LogP contribution is 2.52. The average Bonchev–Trinajstić information content (AvgIpc) is 3.83. The summed E-state index contributed by atoms with van der Waals surface area (Å²) < 4.78 is 14.4. The Morgan fingerprint density at radius 3 is 1.81 bits per heavy atom. The number of aryl methyl sites for hydroxylation is 2. The lowest BCUT2D eigenvalue weighted by molar-refractivity contribution is 0.418. The minimum Gasteiger partial charge on any atom is -0.495 e. The van der Waals surface area contributed by atoms with E-state index in [0.717, 1.165) is 60.7 Å². The molecule has 0 amide bonds. The number of aliphatic imine (C=N–C) groups is 2. The molecule has 0 aliphatic rings. The third kappa shape index (κ3) is 4.70. The van der Waals surface area contributed by atoms with Crippen molar-refractivity contribution in [3.8, 4) is 43.4 Å². The largest absolute Gasteiger partial charge is 0.495 e. The van der Waals surface area contributed by atoms with Crippen molar-refractivity contribution in [2.24, 2.45) is 9.98 Å². The summed E-state index contributed by atoms with van der Waals surface area (Å²) >= 11 is 7.41. The first-order valence-corrected chi connectivity index (χ1v) is 16.1. The first kappa shape index (κ1) is 28.4. The van der Waals surface area contributed by atoms with Gasteiger partial charge in [0.05, 0.1) is 29.1 Å². The van der Waals surface area contributed by atoms with E-state index in [0.29, 0.717) is 21.5 Å². The third-order valence-electron chi connectivity index (χ3n) is 6.33. The second kappa shape index (κ2) is 11.2. The van der Waals surface area contributed by atoms with Gasteiger partial charge in [-0.25, -0.2) is 20.5 Å². The fourth-order valence-corrected chi connectivity index (χ4v) is 10.3. The number of benzene rings is 1. The van der Waals surface area contributed by atoms with Crippen molar-refractivity contribution in [2.45, 2.75) is 13.8 Å². The third-order valence-corrected chi connectivity index (χ3v) is 12.2. The summed E-state index contributed by atoms with van der Waals surface area (Å²) in [6.45, 7) is 18.4. The Bertz CT molecular complexity index is 2320. The van der Waals surface area contributed by atoms with Gasteiger partial charge in [-0.3, -0.25) is 0 Å². The fraction of sp³-hybridized carbons (Fsp3) is 0.143. The second-order valence-corrected chi connectivity index (χ2v) is 13.7. The molecule has 15 heteroatoms. The Morgan fingerprint density at radius 1 is 0.767 bits per heavy atom. The molecule has 0 aliphatic carbocycles. The SMILES string of the molecule is [C-]#[N+]C(C#N)=Nc1cc(OC)c(-c2nc3c(C)c4sc5nc(-c6sc(N=C(C#N)[N+]#[C-])cc6OC)sc5c4c(C)c3s2)s1. The Morgan fingerprint density at radius 2 is 1.30 bits per heavy atom. The van der Waals surface area contributed by atoms with Crippen LogP contribution in [0.25, 0.3) is 59.3 Å². The molecule has 0 spiro atoms. The predicted molar refractivity (Wildman–Crippen MR) is 176 cm³/mol. The van der Waals surface area contributed by atoms with E-state index < -0.39 is 0 Å². The maximum Gasteiger partial charge on any atom is 0.350 e. The van der Waals surface area contributed by atoms with Gasteiger partial charge < -0.3 is 19.2 Å². The van der Waals surface area contributed by atoms with Crippen molar-refractivity contribution in [1.82, 2.24) is 9.97 Å². The maximum atomic E-state index is 9.12. The number of rotatable bonds is 6. The number of ether oxygens (including phenoxy) is 2. The first-order chi connectivity index (χ1) is 20.8. The number of methoxy groups -OCH3 is 2. The molecule has 5 heterocycles. The van der Waals surface area contributed by atoms with Gasteiger partial charge >= 0.3 is 11.7 Å². The van der Waals surface area contributed by atoms with Gasteiger partial charge in [-0.05, 0) is 25.0 Å². The molecule has 5 aromatic heterocycles. The van der Waals surface area contributed by atoms with Crippen LogP contribution in [0.5, 0.6) is 11.5 Å². The zero-order valence-corrected chi connectivity index (χ0v) is 26.7. The minimum absolute atomic E-state index is 0.236. The smallest absolute Gasteiger partial charge is 0.350 e. The highest BCUT2D eigenvalue weighted by molar-refractivity contribution is 7.35. The Hall–Kier alpha value is -4.74. The zero-order chi connectivity index (χ0) is 30.4. The van der Waals surface area contributed by atoms with E-state index in [1.54, 1.807) is 72.5 Å². The lowest BCUT2D eigenvalue weighted by Gasteiger charge is -2.03. The number of nitrogens with zero attached hydrogens (tertiary/aromatic N) is 8. The molecular weight excluding hydrogens is 641 g/mol. The quantitative estimate of drug-likeness (QED) is 0.100. The molecular formula is C28H14N8O2S5. The lowest BCUT2D eigenvalue weighted by Crippen LogP contribution is -1.83. The summed E-state index contributed by atoms with van der Waals surface area (Å²) in [7, 11) is 3.14. The van der Waals surface area contributed by atoms with Crippen LogP contribution in [0.4, 0.5) is 10.0 Å². The zero-order valence-electron chi connectivity index (χ0n) is 22.6. The number of thiophene rings is 3. The highest BCUT2D eigenvalue weighted by Gasteiger charge is 2.25. The summed E-state index contributed by atoms with van der Waals surface area (Å²) in [5, 5.41) is 21.9. The molecule has 6 rings (SSSR count). The van der Waals surface area contributed by atoms with E-state index in [9.17, 15) is 0 Å². The van der Waals surface area contributed by atoms with Crippen LogP contribution in [0, 0.1) is 49.7 Å². The Balaban J connectivity index is 1.49. The molecule has 0 aliphatic heterocycles. The standard InChI is InChI=1S/C28H14N8O2S5/c1-11-19-21(41-28-25(19)43-27(36-28)24-14(38-6)8-18(40-24)34-16(10-30)32-4)12(2)20-22(11)42-26(35-20)23-13(37-5)7-17(39-23)33-15(9-29)31-3/h7-8H,1-2,5-6H3. The van der Waals surface area contributed by atoms with E-state index in [1.165, 1.54) is 22.7 Å². The van der Waals surface area contributed by atoms with Gasteiger partial charge in [0.15, 0.2) is 0 Å². The molecule has 0 saturated carbocycles. The molecule has 0 N–H and O–H groups in total. The van der Waals surface area contributed by atoms with Crippen LogP contribution in [-0.2, 0) is 0 Å². The molecule has 0 bridgehead atoms. The van der Waals surface area contributed by atoms with Crippen LogP contribution in [-0.4, -0.2) is 35.9 Å². The van der Waals surface area contributed by atoms with Crippen molar-refractivity contribution < 1.29 is 9.47 Å². The predicted octanol–water partition coefficient (Wildman–Crippen LogP) is 9.16. The Kier molecular flexibility index (Phi) is 7.37. The topological polar surface area (TPSA) is 125 Å². The molecule has 208 valence electrons. The number of thiazole rings is 2. The first-order valence-electron chi connectivity index (χ1n) is 12.1. The van der Waals surface area contributed by atoms with Gasteiger partial charge in [-0.15, -0.1) is 34.0 Å². The molecule has 1 aromatic carbocycles. The monoisotopic (exact) mass is 654 g/mol. The molecule has 43 heavy (non-hydrogen) atoms. The minimum atomic E-state index is -0.237. The molecule has 0 radical (unpaired) electrons. The fourth-order valence-electron chi connectivity index (χ4n) is 4.43. The van der Waals surface area contributed by atoms with E-state index in [1.807, 2.05) is 0 Å². The summed E-state index contributed by atoms with van der Waals surface area (Å²) in [6.07, 6.45) is 0. The van der Waals surface area contributed by atoms with Crippen molar-refractivity contribution in [1.29, 1.82) is 10.5 Å². The van der Waals surface area contributed by atoms with Crippen LogP contribution in [0.3, 0.4) is 0 Å². The van der Waals surface area contributed by atoms with Crippen molar-refractivity contribution >= 4 is 108 Å². The van der Waals surface area contributed by atoms with Gasteiger partial charge in [0.1, 0.15) is 48.2 Å². The summed E-state index contributed by atoms with van der Waals surface area (Å²) in [5.41, 5.74) is 3.08. The molecule has 0 saturated heterocycles. The van der Waals surface area contributed by atoms with Crippen LogP contribution in [0.1, 0.15) is 11.1 Å². The van der Waals surface area contributed by atoms with E-state index in [2.05, 4.69) is 33.5 Å². The van der Waals surface area contributed by atoms with Gasteiger partial charge in [-0.1, -0.05) is 45.8 Å². The number of aromatic nitrogens is 2. The van der Waals surface area contributed by atoms with Crippen molar-refractivity contribution in [3.63, 3.8) is 0 Å². The van der Waals surface area contributed by atoms with E-state index in [4.69, 9.17) is 43.1 Å². The number of amidine groups is 2. The number of hydrogen-bond acceptors (Lipinski definition) is 13. The molecule has 0 unspecified atom stereocenters. The molecule has 10 nitrogen and oxygen atoms in total. The number of nitriles is 2. The number of hydrogen-bond donors (Lipinski definition) is 0. The normalized spacial score (nSPS) is 11.9. The van der Waals surface area contributed by atoms with Crippen LogP contribution < -0.4 is 9.47 Å². The van der Waals surface area contributed by atoms with Crippen LogP contribution >= 0.6 is 56.7 Å². The van der Waals surface area contributed by atoms with Crippen molar-refractivity contribution in [2.75, 3.05) is 14.2 Å². The maximum absolute atomic E-state index is 9.12. The van der Waals surface area contributed by atoms with Gasteiger partial charge in [-0.2, -0.15) is 0 Å². The second-order valence-electron chi connectivity index (χ2n) is 8.69. The van der Waals surface area contributed by atoms with Gasteiger partial charge in [0, 0.05) is 22.2 Å². The van der Waals surface area contributed by atoms with Gasteiger partial charge in [0.25, 0.3) is 0 Å². The van der Waals surface area contributed by atoms with E-state index in [-0.39, 0.29) is 11.7 Å². The summed E-state index contributed by atoms with van der Waals surface area (Å²) in [4.78, 5) is 27.0. The summed E-state index contributed by atoms with van der Waals surface area (Å²) in [5.74, 6) is 0.702. The number of fused-ring (bicyclic) bond motifs is 4. The van der Waals surface area contributed by atoms with Crippen molar-refractivity contribution in [3.05, 3.63) is 46.1 Å². The molecule has 0 atom stereocenters. The average molecular weight is 655 g/mol. The molecule has 6 aromatic rings.